The minimum absolute atomic E-state index is 1.49. The van der Waals surface area contributed by atoms with Gasteiger partial charge in [-0.15, -0.1) is 0 Å². The molecule has 0 atom stereocenters. The summed E-state index contributed by atoms with van der Waals surface area (Å²) in [6.07, 6.45) is 0. The normalized spacial score (nSPS) is 13.6. The standard InChI is InChI=1S/CH3N.CH3.N.U.H/c1-2;;;;/h1H3;1H3;;;/q;2*-1;;/i;1D;;;1+1. The molecular weight excluding hydrogens is 290 g/mol. The van der Waals surface area contributed by atoms with Crippen molar-refractivity contribution in [2.24, 2.45) is 2.26 Å². The van der Waals surface area contributed by atoms with Gasteiger partial charge in [0, 0.05) is 0 Å². The van der Waals surface area contributed by atoms with Crippen molar-refractivity contribution in [3.8, 4) is 0 Å². The van der Waals surface area contributed by atoms with Crippen molar-refractivity contribution < 1.29 is 28.6 Å². The van der Waals surface area contributed by atoms with E-state index in [-0.39, 0.29) is 0 Å². The summed E-state index contributed by atoms with van der Waals surface area (Å²) in [4.78, 5) is 0. The summed E-state index contributed by atoms with van der Waals surface area (Å²) >= 11 is -2.90. The SMILES string of the molecule is [2H][CH2-].[2H][U](=[N-])=[N]C. The van der Waals surface area contributed by atoms with E-state index in [1.165, 1.54) is 7.05 Å². The second kappa shape index (κ2) is 8.82. The van der Waals surface area contributed by atoms with Crippen molar-refractivity contribution in [1.82, 2.24) is 0 Å². The van der Waals surface area contributed by atoms with Gasteiger partial charge in [-0.1, -0.05) is 0 Å². The van der Waals surface area contributed by atoms with Crippen molar-refractivity contribution in [2.75, 3.05) is 7.05 Å². The molecule has 0 aromatic rings. The van der Waals surface area contributed by atoms with Crippen molar-refractivity contribution >= 4 is 0 Å². The molecule has 0 rings (SSSR count). The van der Waals surface area contributed by atoms with Crippen LogP contribution in [0.1, 0.15) is 1.37 Å². The molecule has 0 saturated heterocycles. The predicted molar refractivity (Wildman–Crippen MR) is 19.5 cm³/mol. The Balaban J connectivity index is 0. The molecule has 0 N–H and O–H groups in total. The molecule has 0 aliphatic carbocycles. The number of nitrogens with zero attached hydrogens (tertiary/aromatic N) is 2. The zero-order valence-corrected chi connectivity index (χ0v) is 7.27. The summed E-state index contributed by atoms with van der Waals surface area (Å²) in [7, 11) is 3.99. The first-order valence-corrected chi connectivity index (χ1v) is 4.62. The van der Waals surface area contributed by atoms with Crippen LogP contribution in [0.5, 0.6) is 0 Å². The van der Waals surface area contributed by atoms with Crippen molar-refractivity contribution in [1.29, 1.82) is 0.194 Å². The molecule has 5 heavy (non-hydrogen) atoms. The Morgan fingerprint density at radius 1 is 2.40 bits per heavy atom. The second-order valence-corrected chi connectivity index (χ2v) is 3.02. The molecule has 0 amide bonds. The van der Waals surface area contributed by atoms with Gasteiger partial charge in [0.1, 0.15) is 0 Å². The van der Waals surface area contributed by atoms with Crippen molar-refractivity contribution in [3.63, 3.8) is 0 Å². The van der Waals surface area contributed by atoms with Crippen LogP contribution in [-0.2, 0) is 0 Å². The zero-order valence-electron chi connectivity index (χ0n) is 5.10. The van der Waals surface area contributed by atoms with Crippen LogP contribution in [0.2, 0.25) is 0 Å². The Hall–Kier alpha value is 0.652. The second-order valence-electron chi connectivity index (χ2n) is 0.324. The van der Waals surface area contributed by atoms with Crippen LogP contribution in [0.15, 0.2) is 2.26 Å². The molecule has 0 spiro atoms. The van der Waals surface area contributed by atoms with E-state index in [0.717, 1.165) is 0 Å². The van der Waals surface area contributed by atoms with Crippen LogP contribution in [0.4, 0.5) is 0 Å². The van der Waals surface area contributed by atoms with E-state index in [0.29, 0.717) is 0 Å². The molecule has 0 bridgehead atoms. The van der Waals surface area contributed by atoms with Crippen LogP contribution in [0.25, 0.3) is 2.67 Å². The molecule has 31 valence electrons. The Labute approximate surface area is 48.2 Å². The summed E-state index contributed by atoms with van der Waals surface area (Å²) in [6, 6.07) is 0. The Morgan fingerprint density at radius 3 is 2.60 bits per heavy atom. The average molecular weight is 299 g/mol. The topological polar surface area (TPSA) is 34.7 Å². The van der Waals surface area contributed by atoms with Crippen LogP contribution >= 0.6 is 0 Å². The minimum atomic E-state index is -2.90. The van der Waals surface area contributed by atoms with Gasteiger partial charge in [-0.25, -0.2) is 1.37 Å². The molecule has 3 heteroatoms. The number of hydrogen-bond acceptors (Lipinski definition) is 1. The Bertz CT molecular complexity index is 85.7. The van der Waals surface area contributed by atoms with Gasteiger partial charge in [-0.3, -0.25) is 0 Å². The molecule has 0 fully saturated rings. The molecule has 0 saturated carbocycles. The van der Waals surface area contributed by atoms with Crippen LogP contribution in [-0.4, -0.2) is 7.24 Å². The predicted octanol–water partition coefficient (Wildman–Crippen LogP) is 0.820. The van der Waals surface area contributed by atoms with E-state index >= 15 is 0 Å². The summed E-state index contributed by atoms with van der Waals surface area (Å²) in [5.41, 5.74) is 0. The van der Waals surface area contributed by atoms with Gasteiger partial charge in [-0.2, -0.15) is 0 Å². The summed E-state index contributed by atoms with van der Waals surface area (Å²) < 4.78 is 23.4. The first-order chi connectivity index (χ1) is 3.27. The third-order valence-electron chi connectivity index (χ3n) is 0.100. The summed E-state index contributed by atoms with van der Waals surface area (Å²) in [5.74, 6) is 0. The molecule has 0 unspecified atom stereocenters. The molecule has 0 heterocycles. The average Bonchev–Trinajstić information content (AvgIpc) is 1.73. The van der Waals surface area contributed by atoms with Gasteiger partial charge in [0.25, 0.3) is 0 Å². The fraction of sp³-hybridized carbons (Fsp3) is 0.500. The van der Waals surface area contributed by atoms with E-state index < -0.39 is 27.2 Å². The van der Waals surface area contributed by atoms with Crippen molar-refractivity contribution in [3.05, 3.63) is 10.1 Å². The molecule has 0 aromatic carbocycles. The van der Waals surface area contributed by atoms with Crippen LogP contribution < -0.4 is 0 Å². The van der Waals surface area contributed by atoms with E-state index in [2.05, 4.69) is 9.66 Å². The van der Waals surface area contributed by atoms with E-state index in [1.54, 1.807) is 0 Å². The third-order valence-corrected chi connectivity index (χ3v) is 0.933. The van der Waals surface area contributed by atoms with Gasteiger partial charge >= 0.3 is 39.4 Å². The third kappa shape index (κ3) is 12.0. The fourth-order valence-electron chi connectivity index (χ4n) is 0. The Kier molecular flexibility index (Phi) is 6.76. The number of rotatable bonds is 0. The Morgan fingerprint density at radius 2 is 2.60 bits per heavy atom. The molecule has 0 aliphatic heterocycles. The first-order valence-electron chi connectivity index (χ1n) is 2.10. The van der Waals surface area contributed by atoms with Crippen LogP contribution in [0.3, 0.4) is 0 Å². The van der Waals surface area contributed by atoms with Gasteiger partial charge in [0.05, 0.1) is 0 Å². The maximum absolute atomic E-state index is 8.08. The fourth-order valence-corrected chi connectivity index (χ4v) is 0. The van der Waals surface area contributed by atoms with Crippen molar-refractivity contribution in [2.45, 2.75) is 0 Å². The summed E-state index contributed by atoms with van der Waals surface area (Å²) in [6.45, 7) is 0. The van der Waals surface area contributed by atoms with E-state index in [9.17, 15) is 0 Å². The first kappa shape index (κ1) is 3.83. The molecular formula is C2H7N2U-2. The van der Waals surface area contributed by atoms with Gasteiger partial charge in [0.2, 0.25) is 0 Å². The monoisotopic (exact) mass is 299 g/mol. The van der Waals surface area contributed by atoms with E-state index in [4.69, 9.17) is 4.24 Å². The zero-order chi connectivity index (χ0) is 6.28. The molecule has 2 nitrogen and oxygen atoms in total. The summed E-state index contributed by atoms with van der Waals surface area (Å²) in [5, 5.41) is 0. The molecule has 0 aliphatic rings. The molecule has 0 radical (unpaired) electrons. The maximum atomic E-state index is 8.08. The van der Waals surface area contributed by atoms with Gasteiger partial charge in [0.15, 0.2) is 0 Å². The van der Waals surface area contributed by atoms with Gasteiger partial charge < -0.3 is 7.40 Å². The van der Waals surface area contributed by atoms with Crippen LogP contribution in [0, 0.1) is 34.6 Å². The molecule has 0 aromatic heterocycles. The van der Waals surface area contributed by atoms with Gasteiger partial charge in [-0.05, 0) is 0 Å². The van der Waals surface area contributed by atoms with E-state index in [1.807, 2.05) is 0 Å². The number of hydrogen-bond donors (Lipinski definition) is 0. The quantitative estimate of drug-likeness (QED) is 0.594.